The predicted octanol–water partition coefficient (Wildman–Crippen LogP) is 3.98. The van der Waals surface area contributed by atoms with Crippen molar-refractivity contribution in [2.75, 3.05) is 50.3 Å². The average molecular weight is 1150 g/mol. The van der Waals surface area contributed by atoms with Crippen molar-refractivity contribution in [2.24, 2.45) is 0 Å². The Hall–Kier alpha value is -5.92. The van der Waals surface area contributed by atoms with Gasteiger partial charge in [-0.1, -0.05) is 64.1 Å². The summed E-state index contributed by atoms with van der Waals surface area (Å²) in [5.74, 6) is 1.81. The van der Waals surface area contributed by atoms with Crippen LogP contribution in [0, 0.1) is 0 Å². The van der Waals surface area contributed by atoms with Crippen molar-refractivity contribution in [2.45, 2.75) is 154 Å². The molecule has 10 unspecified atom stereocenters. The van der Waals surface area contributed by atoms with E-state index in [0.717, 1.165) is 70.2 Å². The number of carbonyl (C=O) groups excluding carboxylic acids is 2. The predicted molar refractivity (Wildman–Crippen MR) is 310 cm³/mol. The fraction of sp³-hybridized carbons (Fsp3) is 0.517. The quantitative estimate of drug-likeness (QED) is 0.0491. The minimum atomic E-state index is -1.49. The number of anilines is 2. The van der Waals surface area contributed by atoms with Crippen LogP contribution in [0.4, 0.5) is 11.4 Å². The first-order valence-electron chi connectivity index (χ1n) is 27.5. The maximum atomic E-state index is 12.3. The van der Waals surface area contributed by atoms with Crippen LogP contribution in [0.25, 0.3) is 0 Å². The Morgan fingerprint density at radius 3 is 1.04 bits per heavy atom. The molecule has 2 amide bonds. The standard InChI is InChI=1S/C58H78N6O14S2/c1-7-17-73-51-33-13-11-14-34(51)22-38-26-42(62-58(80)64-56-46(60-32(6)68)50(72)48(70)44(30-66)78-56)28-40(54(38)76-20-10-4)24-36-16-12-15-35(52(36)74-18-8-2)23-39-27-41(25-37(21-33)53(39)75-19-9-3)61-57(79)63-55-45(59-31(5)67)49(71)47(69)43(29-65)77-55/h11-16,25-28,43-50,55-56,65-66,69-72H,7-10,17-24,29-30H2,1-6H3,(H,59,67)(H,60,68)(H2,61,63,79)(H2,62,64,80). The van der Waals surface area contributed by atoms with Crippen LogP contribution in [0.15, 0.2) is 60.7 Å². The lowest BCUT2D eigenvalue weighted by atomic mass is 9.90. The second-order valence-electron chi connectivity index (χ2n) is 20.3. The Morgan fingerprint density at radius 1 is 0.487 bits per heavy atom. The third-order valence-corrected chi connectivity index (χ3v) is 14.3. The lowest BCUT2D eigenvalue weighted by Gasteiger charge is -2.43. The highest BCUT2D eigenvalue weighted by Gasteiger charge is 2.46. The number of aliphatic hydroxyl groups excluding tert-OH is 6. The molecule has 12 N–H and O–H groups in total. The van der Waals surface area contributed by atoms with Crippen LogP contribution >= 0.6 is 24.4 Å². The molecule has 1 aliphatic carbocycles. The fourth-order valence-electron chi connectivity index (χ4n) is 10.3. The maximum Gasteiger partial charge on any atom is 0.217 e. The zero-order valence-electron chi connectivity index (χ0n) is 46.2. The minimum Gasteiger partial charge on any atom is -0.493 e. The van der Waals surface area contributed by atoms with E-state index < -0.39 is 86.2 Å². The van der Waals surface area contributed by atoms with Crippen LogP contribution in [0.1, 0.15) is 112 Å². The molecule has 7 rings (SSSR count). The smallest absolute Gasteiger partial charge is 0.217 e. The molecule has 8 bridgehead atoms. The first-order chi connectivity index (χ1) is 38.5. The van der Waals surface area contributed by atoms with Gasteiger partial charge < -0.3 is 91.0 Å². The molecule has 4 aromatic rings. The van der Waals surface area contributed by atoms with Crippen LogP contribution < -0.4 is 50.8 Å². The van der Waals surface area contributed by atoms with Gasteiger partial charge in [0, 0.05) is 73.2 Å². The van der Waals surface area contributed by atoms with Gasteiger partial charge >= 0.3 is 0 Å². The van der Waals surface area contributed by atoms with E-state index in [4.69, 9.17) is 52.9 Å². The van der Waals surface area contributed by atoms with E-state index in [1.807, 2.05) is 74.5 Å². The molecular formula is C58H78N6O14S2. The van der Waals surface area contributed by atoms with Crippen molar-refractivity contribution in [3.8, 4) is 23.0 Å². The molecule has 3 aliphatic rings. The Balaban J connectivity index is 1.36. The highest BCUT2D eigenvalue weighted by molar-refractivity contribution is 7.80. The summed E-state index contributed by atoms with van der Waals surface area (Å²) in [6, 6.07) is 17.8. The second kappa shape index (κ2) is 29.2. The van der Waals surface area contributed by atoms with E-state index in [0.29, 0.717) is 86.5 Å². The van der Waals surface area contributed by atoms with Gasteiger partial charge in [0.1, 0.15) is 71.7 Å². The molecule has 20 nitrogen and oxygen atoms in total. The molecule has 22 heteroatoms. The third kappa shape index (κ3) is 15.3. The van der Waals surface area contributed by atoms with Gasteiger partial charge in [-0.15, -0.1) is 0 Å². The summed E-state index contributed by atoms with van der Waals surface area (Å²) >= 11 is 11.8. The first-order valence-corrected chi connectivity index (χ1v) is 28.3. The van der Waals surface area contributed by atoms with Crippen LogP contribution in [-0.2, 0) is 44.7 Å². The summed E-state index contributed by atoms with van der Waals surface area (Å²) in [4.78, 5) is 24.6. The number of thiocarbonyl (C=S) groups is 2. The maximum absolute atomic E-state index is 12.3. The van der Waals surface area contributed by atoms with Crippen LogP contribution in [-0.4, -0.2) is 153 Å². The summed E-state index contributed by atoms with van der Waals surface area (Å²) in [6.07, 6.45) is -6.18. The number of amides is 2. The number of hydrogen-bond acceptors (Lipinski definition) is 16. The number of rotatable bonds is 20. The number of fused-ring (bicyclic) bond motifs is 8. The molecule has 0 saturated carbocycles. The summed E-state index contributed by atoms with van der Waals surface area (Å²) in [7, 11) is 0. The van der Waals surface area contributed by atoms with E-state index in [9.17, 15) is 40.2 Å². The molecule has 436 valence electrons. The van der Waals surface area contributed by atoms with Gasteiger partial charge in [0.05, 0.1) is 39.6 Å². The molecule has 2 aliphatic heterocycles. The SMILES string of the molecule is CCCOc1c2cccc1Cc1cc(NC(=S)NC3OC(CO)C(O)C(O)C3NC(C)=O)cc(c1OCCC)Cc1cccc(c1OCCC)Cc1cc(NC(=S)NC3OC(CO)C(O)C(O)C3NC(C)=O)cc(c1OCCC)C2. The Labute approximate surface area is 478 Å². The van der Waals surface area contributed by atoms with Gasteiger partial charge in [0.25, 0.3) is 0 Å². The van der Waals surface area contributed by atoms with Gasteiger partial charge in [-0.2, -0.15) is 0 Å². The van der Waals surface area contributed by atoms with Crippen molar-refractivity contribution >= 4 is 57.8 Å². The van der Waals surface area contributed by atoms with Crippen LogP contribution in [0.5, 0.6) is 23.0 Å². The van der Waals surface area contributed by atoms with Gasteiger partial charge in [-0.25, -0.2) is 0 Å². The van der Waals surface area contributed by atoms with E-state index >= 15 is 0 Å². The molecule has 80 heavy (non-hydrogen) atoms. The molecule has 2 saturated heterocycles. The molecular weight excluding hydrogens is 1070 g/mol. The lowest BCUT2D eigenvalue weighted by Crippen LogP contribution is -2.68. The van der Waals surface area contributed by atoms with Gasteiger partial charge in [0.15, 0.2) is 22.7 Å². The Kier molecular flexibility index (Phi) is 22.5. The molecule has 0 aromatic heterocycles. The van der Waals surface area contributed by atoms with Crippen molar-refractivity contribution in [1.82, 2.24) is 21.3 Å². The summed E-state index contributed by atoms with van der Waals surface area (Å²) in [6.45, 7) is 11.3. The largest absolute Gasteiger partial charge is 0.493 e. The van der Waals surface area contributed by atoms with Gasteiger partial charge in [0.2, 0.25) is 11.8 Å². The molecule has 10 atom stereocenters. The van der Waals surface area contributed by atoms with E-state index in [1.165, 1.54) is 13.8 Å². The highest BCUT2D eigenvalue weighted by Crippen LogP contribution is 2.41. The molecule has 2 heterocycles. The highest BCUT2D eigenvalue weighted by atomic mass is 32.1. The number of para-hydroxylation sites is 2. The summed E-state index contributed by atoms with van der Waals surface area (Å²) in [5.41, 5.74) is 7.97. The van der Waals surface area contributed by atoms with Crippen molar-refractivity contribution < 1.29 is 68.6 Å². The third-order valence-electron chi connectivity index (χ3n) is 13.8. The number of ether oxygens (including phenoxy) is 6. The van der Waals surface area contributed by atoms with Crippen LogP contribution in [0.2, 0.25) is 0 Å². The fourth-order valence-corrected chi connectivity index (χ4v) is 10.7. The van der Waals surface area contributed by atoms with Crippen molar-refractivity contribution in [1.29, 1.82) is 0 Å². The van der Waals surface area contributed by atoms with E-state index in [2.05, 4.69) is 45.7 Å². The summed E-state index contributed by atoms with van der Waals surface area (Å²) in [5, 5.41) is 81.7. The molecule has 2 fully saturated rings. The first kappa shape index (κ1) is 61.7. The monoisotopic (exact) mass is 1150 g/mol. The number of carbonyl (C=O) groups is 2. The normalized spacial score (nSPS) is 23.4. The number of nitrogens with one attached hydrogen (secondary N) is 6. The number of benzene rings is 4. The Bertz CT molecular complexity index is 2510. The number of aliphatic hydroxyl groups is 6. The minimum absolute atomic E-state index is 0.0768. The van der Waals surface area contributed by atoms with E-state index in [-0.39, 0.29) is 10.2 Å². The topological polar surface area (TPSA) is 283 Å². The van der Waals surface area contributed by atoms with Crippen LogP contribution in [0.3, 0.4) is 0 Å². The van der Waals surface area contributed by atoms with Crippen molar-refractivity contribution in [3.63, 3.8) is 0 Å². The van der Waals surface area contributed by atoms with Crippen molar-refractivity contribution in [3.05, 3.63) is 105 Å². The second-order valence-corrected chi connectivity index (χ2v) is 21.1. The van der Waals surface area contributed by atoms with Gasteiger partial charge in [-0.05, 0) is 96.6 Å². The molecule has 4 aromatic carbocycles. The van der Waals surface area contributed by atoms with Gasteiger partial charge in [-0.3, -0.25) is 9.59 Å². The van der Waals surface area contributed by atoms with E-state index in [1.54, 1.807) is 0 Å². The zero-order valence-corrected chi connectivity index (χ0v) is 47.8. The molecule has 0 spiro atoms. The summed E-state index contributed by atoms with van der Waals surface area (Å²) < 4.78 is 38.9. The molecule has 0 radical (unpaired) electrons. The number of hydrogen-bond donors (Lipinski definition) is 12. The zero-order chi connectivity index (χ0) is 57.6. The Morgan fingerprint density at radius 2 is 0.775 bits per heavy atom. The average Bonchev–Trinajstić information content (AvgIpc) is 3.41. The lowest BCUT2D eigenvalue weighted by molar-refractivity contribution is -0.198.